The number of carbonyl (C=O) groups is 3. The van der Waals surface area contributed by atoms with Crippen molar-refractivity contribution in [2.75, 3.05) is 18.8 Å². The van der Waals surface area contributed by atoms with Gasteiger partial charge in [0.05, 0.1) is 10.7 Å². The van der Waals surface area contributed by atoms with Gasteiger partial charge in [0.15, 0.2) is 0 Å². The molecule has 3 amide bonds. The molecule has 1 fully saturated rings. The molecule has 0 atom stereocenters. The Morgan fingerprint density at radius 2 is 2.03 bits per heavy atom. The van der Waals surface area contributed by atoms with Crippen molar-refractivity contribution in [3.63, 3.8) is 0 Å². The smallest absolute Gasteiger partial charge is 0.293 e. The molecule has 33 heavy (non-hydrogen) atoms. The largest absolute Gasteiger partial charge is 0.411 e. The Bertz CT molecular complexity index is 1200. The maximum absolute atomic E-state index is 13.0. The Morgan fingerprint density at radius 1 is 1.21 bits per heavy atom. The highest BCUT2D eigenvalue weighted by Crippen LogP contribution is 2.31. The predicted molar refractivity (Wildman–Crippen MR) is 120 cm³/mol. The number of benzene rings is 1. The van der Waals surface area contributed by atoms with E-state index in [1.165, 1.54) is 24.3 Å². The van der Waals surface area contributed by atoms with E-state index < -0.39 is 11.1 Å². The molecule has 1 N–H and O–H groups in total. The summed E-state index contributed by atoms with van der Waals surface area (Å²) in [4.78, 5) is 42.1. The molecule has 12 heteroatoms. The Morgan fingerprint density at radius 3 is 2.79 bits per heavy atom. The lowest BCUT2D eigenvalue weighted by Gasteiger charge is -2.12. The van der Waals surface area contributed by atoms with E-state index in [9.17, 15) is 18.8 Å². The fourth-order valence-electron chi connectivity index (χ4n) is 2.77. The number of hydrogen-bond acceptors (Lipinski definition) is 9. The molecule has 9 nitrogen and oxygen atoms in total. The number of pyridine rings is 1. The van der Waals surface area contributed by atoms with Gasteiger partial charge in [-0.2, -0.15) is 0 Å². The Labute approximate surface area is 195 Å². The van der Waals surface area contributed by atoms with Gasteiger partial charge in [0, 0.05) is 31.0 Å². The van der Waals surface area contributed by atoms with Crippen LogP contribution in [0.25, 0.3) is 17.5 Å². The molecule has 0 saturated carbocycles. The van der Waals surface area contributed by atoms with Gasteiger partial charge >= 0.3 is 0 Å². The van der Waals surface area contributed by atoms with Gasteiger partial charge in [-0.15, -0.1) is 10.2 Å². The molecule has 1 aromatic carbocycles. The maximum atomic E-state index is 13.0. The minimum Gasteiger partial charge on any atom is -0.411 e. The van der Waals surface area contributed by atoms with E-state index in [4.69, 9.17) is 4.42 Å². The summed E-state index contributed by atoms with van der Waals surface area (Å²) in [7, 11) is 0. The van der Waals surface area contributed by atoms with E-state index in [-0.39, 0.29) is 41.7 Å². The summed E-state index contributed by atoms with van der Waals surface area (Å²) in [5, 5.41) is 10.2. The van der Waals surface area contributed by atoms with Gasteiger partial charge in [-0.1, -0.05) is 17.8 Å². The number of amides is 3. The van der Waals surface area contributed by atoms with Crippen molar-refractivity contribution in [3.8, 4) is 11.5 Å². The van der Waals surface area contributed by atoms with E-state index in [0.717, 1.165) is 34.0 Å². The molecule has 1 saturated heterocycles. The molecule has 168 valence electrons. The van der Waals surface area contributed by atoms with Gasteiger partial charge in [0.1, 0.15) is 5.82 Å². The van der Waals surface area contributed by atoms with Crippen LogP contribution in [0.3, 0.4) is 0 Å². The molecule has 3 aromatic rings. The fourth-order valence-corrected chi connectivity index (χ4v) is 4.23. The van der Waals surface area contributed by atoms with Crippen LogP contribution < -0.4 is 5.32 Å². The summed E-state index contributed by atoms with van der Waals surface area (Å²) in [5.41, 5.74) is 1.28. The summed E-state index contributed by atoms with van der Waals surface area (Å²) in [6.07, 6.45) is 4.82. The van der Waals surface area contributed by atoms with Crippen molar-refractivity contribution < 1.29 is 23.2 Å². The van der Waals surface area contributed by atoms with Crippen LogP contribution in [0.1, 0.15) is 5.56 Å². The van der Waals surface area contributed by atoms with Crippen molar-refractivity contribution in [2.45, 2.75) is 5.22 Å². The summed E-state index contributed by atoms with van der Waals surface area (Å²) < 4.78 is 18.5. The standard InChI is InChI=1S/C21H16FN5O4S2/c22-15-5-3-14(4-6-15)18-25-26-20(31-18)32-12-17(28)24-8-9-27-19(29)16(33-21(27)30)10-13-2-1-7-23-11-13/h1-7,10-11H,8-9,12H2,(H,24,28)/b16-10-. The minimum absolute atomic E-state index is 0.00779. The number of thioether (sulfide) groups is 2. The van der Waals surface area contributed by atoms with E-state index in [1.54, 1.807) is 30.6 Å². The summed E-state index contributed by atoms with van der Waals surface area (Å²) >= 11 is 1.89. The highest BCUT2D eigenvalue weighted by atomic mass is 32.2. The molecule has 0 bridgehead atoms. The van der Waals surface area contributed by atoms with Gasteiger partial charge in [0.25, 0.3) is 16.4 Å². The number of rotatable bonds is 8. The van der Waals surface area contributed by atoms with Crippen molar-refractivity contribution in [3.05, 3.63) is 65.1 Å². The van der Waals surface area contributed by atoms with Crippen molar-refractivity contribution in [2.24, 2.45) is 0 Å². The number of hydrogen-bond donors (Lipinski definition) is 1. The fraction of sp³-hybridized carbons (Fsp3) is 0.143. The monoisotopic (exact) mass is 485 g/mol. The zero-order chi connectivity index (χ0) is 23.2. The molecule has 3 heterocycles. The predicted octanol–water partition coefficient (Wildman–Crippen LogP) is 3.22. The average molecular weight is 486 g/mol. The van der Waals surface area contributed by atoms with Crippen LogP contribution in [0.5, 0.6) is 0 Å². The topological polar surface area (TPSA) is 118 Å². The van der Waals surface area contributed by atoms with Crippen LogP contribution >= 0.6 is 23.5 Å². The van der Waals surface area contributed by atoms with Crippen LogP contribution in [0, 0.1) is 5.82 Å². The quantitative estimate of drug-likeness (QED) is 0.379. The number of imide groups is 1. The van der Waals surface area contributed by atoms with Crippen molar-refractivity contribution in [1.82, 2.24) is 25.4 Å². The minimum atomic E-state index is -0.406. The second-order valence-corrected chi connectivity index (χ2v) is 8.56. The second kappa shape index (κ2) is 10.4. The third-order valence-electron chi connectivity index (χ3n) is 4.34. The molecule has 2 aromatic heterocycles. The van der Waals surface area contributed by atoms with Crippen LogP contribution in [0.15, 0.2) is 63.3 Å². The van der Waals surface area contributed by atoms with Crippen molar-refractivity contribution >= 4 is 46.7 Å². The number of nitrogens with one attached hydrogen (secondary N) is 1. The number of aromatic nitrogens is 3. The maximum Gasteiger partial charge on any atom is 0.293 e. The summed E-state index contributed by atoms with van der Waals surface area (Å²) in [6.45, 7) is 0.170. The highest BCUT2D eigenvalue weighted by Gasteiger charge is 2.34. The molecule has 0 aliphatic carbocycles. The van der Waals surface area contributed by atoms with Gasteiger partial charge in [-0.25, -0.2) is 4.39 Å². The third kappa shape index (κ3) is 5.84. The SMILES string of the molecule is O=C(CSc1nnc(-c2ccc(F)cc2)o1)NCCN1C(=O)S/C(=C\c2cccnc2)C1=O. The molecule has 0 radical (unpaired) electrons. The van der Waals surface area contributed by atoms with E-state index in [2.05, 4.69) is 20.5 Å². The average Bonchev–Trinajstić information content (AvgIpc) is 3.39. The summed E-state index contributed by atoms with van der Waals surface area (Å²) in [6, 6.07) is 9.12. The molecule has 0 spiro atoms. The van der Waals surface area contributed by atoms with Gasteiger partial charge in [-0.05, 0) is 53.7 Å². The Balaban J connectivity index is 1.23. The van der Waals surface area contributed by atoms with Gasteiger partial charge in [0.2, 0.25) is 11.8 Å². The molecule has 0 unspecified atom stereocenters. The second-order valence-electron chi connectivity index (χ2n) is 6.64. The van der Waals surface area contributed by atoms with Crippen LogP contribution in [-0.4, -0.2) is 56.0 Å². The van der Waals surface area contributed by atoms with Crippen LogP contribution in [0.4, 0.5) is 9.18 Å². The lowest BCUT2D eigenvalue weighted by atomic mass is 10.2. The molecular weight excluding hydrogens is 469 g/mol. The summed E-state index contributed by atoms with van der Waals surface area (Å²) in [5.74, 6) is -0.873. The van der Waals surface area contributed by atoms with Gasteiger partial charge in [-0.3, -0.25) is 24.3 Å². The number of halogens is 1. The van der Waals surface area contributed by atoms with E-state index >= 15 is 0 Å². The lowest BCUT2D eigenvalue weighted by Crippen LogP contribution is -2.37. The number of nitrogens with zero attached hydrogens (tertiary/aromatic N) is 4. The van der Waals surface area contributed by atoms with Crippen LogP contribution in [0.2, 0.25) is 0 Å². The molecular formula is C21H16FN5O4S2. The van der Waals surface area contributed by atoms with Gasteiger partial charge < -0.3 is 9.73 Å². The highest BCUT2D eigenvalue weighted by molar-refractivity contribution is 8.18. The Hall–Kier alpha value is -3.51. The first-order valence-electron chi connectivity index (χ1n) is 9.64. The van der Waals surface area contributed by atoms with E-state index in [1.807, 2.05) is 0 Å². The molecule has 4 rings (SSSR count). The first-order valence-corrected chi connectivity index (χ1v) is 11.4. The first kappa shape index (κ1) is 22.7. The van der Waals surface area contributed by atoms with Crippen LogP contribution in [-0.2, 0) is 9.59 Å². The number of carbonyl (C=O) groups excluding carboxylic acids is 3. The zero-order valence-corrected chi connectivity index (χ0v) is 18.6. The third-order valence-corrected chi connectivity index (χ3v) is 6.06. The lowest BCUT2D eigenvalue weighted by molar-refractivity contribution is -0.123. The molecule has 1 aliphatic heterocycles. The normalized spacial score (nSPS) is 14.8. The molecule has 1 aliphatic rings. The van der Waals surface area contributed by atoms with Crippen molar-refractivity contribution in [1.29, 1.82) is 0 Å². The zero-order valence-electron chi connectivity index (χ0n) is 16.9. The first-order chi connectivity index (χ1) is 16.0. The van der Waals surface area contributed by atoms with E-state index in [0.29, 0.717) is 10.5 Å². The Kier molecular flexibility index (Phi) is 7.15.